The summed E-state index contributed by atoms with van der Waals surface area (Å²) in [4.78, 5) is 4.63. The average Bonchev–Trinajstić information content (AvgIpc) is 3.44. The minimum Gasteiger partial charge on any atom is -0.490 e. The van der Waals surface area contributed by atoms with Gasteiger partial charge in [0.1, 0.15) is 11.8 Å². The molecule has 1 aromatic heterocycles. The second-order valence-electron chi connectivity index (χ2n) is 8.51. The van der Waals surface area contributed by atoms with Gasteiger partial charge in [-0.15, -0.1) is 0 Å². The molecule has 2 atom stereocenters. The molecule has 0 aliphatic heterocycles. The normalized spacial score (nSPS) is 16.1. The number of ether oxygens (including phenoxy) is 1. The van der Waals surface area contributed by atoms with E-state index in [-0.39, 0.29) is 18.8 Å². The molecule has 2 N–H and O–H groups in total. The summed E-state index contributed by atoms with van der Waals surface area (Å²) in [5.74, 6) is 1.87. The minimum absolute atomic E-state index is 0.0194. The van der Waals surface area contributed by atoms with Crippen LogP contribution in [0, 0.1) is 11.3 Å². The van der Waals surface area contributed by atoms with Crippen molar-refractivity contribution < 1.29 is 14.4 Å². The molecule has 2 unspecified atom stereocenters. The molecule has 1 aliphatic carbocycles. The van der Waals surface area contributed by atoms with Crippen LogP contribution in [0.2, 0.25) is 0 Å². The van der Waals surface area contributed by atoms with E-state index < -0.39 is 0 Å². The van der Waals surface area contributed by atoms with Crippen molar-refractivity contribution in [3.63, 3.8) is 0 Å². The van der Waals surface area contributed by atoms with Gasteiger partial charge in [-0.25, -0.2) is 0 Å². The van der Waals surface area contributed by atoms with E-state index in [1.165, 1.54) is 11.1 Å². The number of hydrogen-bond acceptors (Lipinski definition) is 7. The summed E-state index contributed by atoms with van der Waals surface area (Å²) in [7, 11) is 0. The van der Waals surface area contributed by atoms with Crippen molar-refractivity contribution >= 4 is 0 Å². The Morgan fingerprint density at radius 1 is 1.28 bits per heavy atom. The molecule has 0 amide bonds. The highest BCUT2D eigenvalue weighted by Crippen LogP contribution is 2.38. The molecule has 4 rings (SSSR count). The minimum atomic E-state index is -0.0194. The summed E-state index contributed by atoms with van der Waals surface area (Å²) in [6, 6.07) is 13.8. The predicted molar refractivity (Wildman–Crippen MR) is 121 cm³/mol. The molecule has 2 aromatic carbocycles. The van der Waals surface area contributed by atoms with Gasteiger partial charge in [-0.3, -0.25) is 0 Å². The van der Waals surface area contributed by atoms with Crippen LogP contribution in [0.25, 0.3) is 22.8 Å². The van der Waals surface area contributed by atoms with E-state index in [1.54, 1.807) is 12.1 Å². The Labute approximate surface area is 188 Å². The van der Waals surface area contributed by atoms with Gasteiger partial charge in [0.25, 0.3) is 5.89 Å². The van der Waals surface area contributed by atoms with Crippen LogP contribution in [-0.4, -0.2) is 40.5 Å². The summed E-state index contributed by atoms with van der Waals surface area (Å²) in [5, 5.41) is 26.4. The number of nitriles is 1. The first kappa shape index (κ1) is 22.0. The Morgan fingerprint density at radius 2 is 2.12 bits per heavy atom. The molecule has 166 valence electrons. The first-order valence-corrected chi connectivity index (χ1v) is 11.0. The lowest BCUT2D eigenvalue weighted by molar-refractivity contribution is 0.241. The maximum Gasteiger partial charge on any atom is 0.258 e. The van der Waals surface area contributed by atoms with Gasteiger partial charge in [-0.2, -0.15) is 10.2 Å². The van der Waals surface area contributed by atoms with Crippen molar-refractivity contribution in [3.8, 4) is 34.7 Å². The monoisotopic (exact) mass is 432 g/mol. The Kier molecular flexibility index (Phi) is 6.54. The van der Waals surface area contributed by atoms with Crippen molar-refractivity contribution in [1.29, 1.82) is 5.26 Å². The smallest absolute Gasteiger partial charge is 0.258 e. The molecule has 0 bridgehead atoms. The van der Waals surface area contributed by atoms with E-state index in [4.69, 9.17) is 9.26 Å². The number of nitrogens with zero attached hydrogens (tertiary/aromatic N) is 3. The number of aliphatic hydroxyl groups is 1. The lowest BCUT2D eigenvalue weighted by atomic mass is 9.98. The van der Waals surface area contributed by atoms with E-state index in [2.05, 4.69) is 27.6 Å². The SMILES string of the molecule is CC(CO)NCC1CCc2c(-c3noc(-c4ccc(OC(C)C)c(C#N)c4)n3)cccc21. The largest absolute Gasteiger partial charge is 0.490 e. The zero-order chi connectivity index (χ0) is 22.7. The van der Waals surface area contributed by atoms with Crippen molar-refractivity contribution in [3.05, 3.63) is 53.1 Å². The zero-order valence-electron chi connectivity index (χ0n) is 18.6. The molecule has 32 heavy (non-hydrogen) atoms. The number of aliphatic hydroxyl groups excluding tert-OH is 1. The summed E-state index contributed by atoms with van der Waals surface area (Å²) in [5.41, 5.74) is 4.65. The summed E-state index contributed by atoms with van der Waals surface area (Å²) in [6.07, 6.45) is 1.98. The Morgan fingerprint density at radius 3 is 2.88 bits per heavy atom. The molecule has 7 nitrogen and oxygen atoms in total. The highest BCUT2D eigenvalue weighted by Gasteiger charge is 2.26. The van der Waals surface area contributed by atoms with Crippen molar-refractivity contribution in [1.82, 2.24) is 15.5 Å². The average molecular weight is 433 g/mol. The highest BCUT2D eigenvalue weighted by molar-refractivity contribution is 5.67. The third kappa shape index (κ3) is 4.52. The first-order valence-electron chi connectivity index (χ1n) is 11.0. The lowest BCUT2D eigenvalue weighted by Gasteiger charge is -2.16. The number of rotatable bonds is 8. The number of hydrogen-bond donors (Lipinski definition) is 2. The van der Waals surface area contributed by atoms with Gasteiger partial charge in [-0.05, 0) is 68.9 Å². The topological polar surface area (TPSA) is 104 Å². The molecular formula is C25H28N4O3. The van der Waals surface area contributed by atoms with Crippen LogP contribution >= 0.6 is 0 Å². The molecule has 0 spiro atoms. The van der Waals surface area contributed by atoms with Gasteiger partial charge in [0.15, 0.2) is 0 Å². The summed E-state index contributed by atoms with van der Waals surface area (Å²) >= 11 is 0. The van der Waals surface area contributed by atoms with Crippen LogP contribution in [0.1, 0.15) is 49.8 Å². The van der Waals surface area contributed by atoms with Gasteiger partial charge < -0.3 is 19.7 Å². The number of fused-ring (bicyclic) bond motifs is 1. The van der Waals surface area contributed by atoms with Crippen LogP contribution in [-0.2, 0) is 6.42 Å². The summed E-state index contributed by atoms with van der Waals surface area (Å²) in [6.45, 7) is 6.78. The standard InChI is InChI=1S/C25H28N4O3/c1-15(2)31-23-10-8-17(11-19(23)12-26)25-28-24(29-32-25)22-6-4-5-20-18(7-9-21(20)22)13-27-16(3)14-30/h4-6,8,10-11,15-16,18,27,30H,7,9,13-14H2,1-3H3. The maximum atomic E-state index is 9.49. The van der Waals surface area contributed by atoms with Crippen molar-refractivity contribution in [2.45, 2.75) is 51.7 Å². The van der Waals surface area contributed by atoms with Gasteiger partial charge in [0.2, 0.25) is 5.82 Å². The Balaban J connectivity index is 1.59. The molecule has 3 aromatic rings. The molecule has 0 saturated carbocycles. The molecule has 0 radical (unpaired) electrons. The number of aromatic nitrogens is 2. The van der Waals surface area contributed by atoms with Crippen LogP contribution in [0.4, 0.5) is 0 Å². The van der Waals surface area contributed by atoms with Crippen LogP contribution < -0.4 is 10.1 Å². The lowest BCUT2D eigenvalue weighted by Crippen LogP contribution is -2.32. The van der Waals surface area contributed by atoms with Gasteiger partial charge in [0.05, 0.1) is 18.3 Å². The Bertz CT molecular complexity index is 1130. The Hall–Kier alpha value is -3.21. The number of nitrogens with one attached hydrogen (secondary N) is 1. The number of benzene rings is 2. The first-order chi connectivity index (χ1) is 15.5. The van der Waals surface area contributed by atoms with Crippen LogP contribution in [0.3, 0.4) is 0 Å². The van der Waals surface area contributed by atoms with Crippen LogP contribution in [0.5, 0.6) is 5.75 Å². The van der Waals surface area contributed by atoms with Gasteiger partial charge >= 0.3 is 0 Å². The van der Waals surface area contributed by atoms with Crippen molar-refractivity contribution in [2.24, 2.45) is 0 Å². The quantitative estimate of drug-likeness (QED) is 0.553. The molecular weight excluding hydrogens is 404 g/mol. The zero-order valence-corrected chi connectivity index (χ0v) is 18.6. The van der Waals surface area contributed by atoms with E-state index >= 15 is 0 Å². The third-order valence-corrected chi connectivity index (χ3v) is 5.76. The molecule has 7 heteroatoms. The molecule has 1 heterocycles. The van der Waals surface area contributed by atoms with Gasteiger partial charge in [0, 0.05) is 23.7 Å². The second kappa shape index (κ2) is 9.51. The maximum absolute atomic E-state index is 9.49. The fourth-order valence-electron chi connectivity index (χ4n) is 4.13. The fourth-order valence-corrected chi connectivity index (χ4v) is 4.13. The van der Waals surface area contributed by atoms with E-state index in [1.807, 2.05) is 39.0 Å². The fraction of sp³-hybridized carbons (Fsp3) is 0.400. The van der Waals surface area contributed by atoms with Crippen molar-refractivity contribution in [2.75, 3.05) is 13.2 Å². The van der Waals surface area contributed by atoms with Gasteiger partial charge in [-0.1, -0.05) is 23.4 Å². The van der Waals surface area contributed by atoms with E-state index in [0.717, 1.165) is 24.9 Å². The second-order valence-corrected chi connectivity index (χ2v) is 8.51. The molecule has 0 fully saturated rings. The summed E-state index contributed by atoms with van der Waals surface area (Å²) < 4.78 is 11.2. The molecule has 1 aliphatic rings. The third-order valence-electron chi connectivity index (χ3n) is 5.76. The highest BCUT2D eigenvalue weighted by atomic mass is 16.5. The van der Waals surface area contributed by atoms with Crippen LogP contribution in [0.15, 0.2) is 40.9 Å². The molecule has 0 saturated heterocycles. The van der Waals surface area contributed by atoms with E-state index in [0.29, 0.717) is 34.5 Å². The predicted octanol–water partition coefficient (Wildman–Crippen LogP) is 4.06. The van der Waals surface area contributed by atoms with E-state index in [9.17, 15) is 10.4 Å².